The predicted octanol–water partition coefficient (Wildman–Crippen LogP) is 8.78. The molecule has 0 amide bonds. The van der Waals surface area contributed by atoms with Crippen molar-refractivity contribution in [3.8, 4) is 39.4 Å². The summed E-state index contributed by atoms with van der Waals surface area (Å²) in [5.41, 5.74) is 9.68. The van der Waals surface area contributed by atoms with Crippen molar-refractivity contribution in [1.29, 1.82) is 0 Å². The first-order chi connectivity index (χ1) is 21.7. The zero-order valence-electron chi connectivity index (χ0n) is 23.8. The van der Waals surface area contributed by atoms with Crippen LogP contribution in [0.4, 0.5) is 5.69 Å². The van der Waals surface area contributed by atoms with Gasteiger partial charge in [0.25, 0.3) is 0 Å². The van der Waals surface area contributed by atoms with Gasteiger partial charge >= 0.3 is 0 Å². The van der Waals surface area contributed by atoms with E-state index in [2.05, 4.69) is 46.2 Å². The van der Waals surface area contributed by atoms with E-state index in [1.54, 1.807) is 24.4 Å². The minimum atomic E-state index is -0.896. The van der Waals surface area contributed by atoms with E-state index in [0.717, 1.165) is 50.1 Å². The van der Waals surface area contributed by atoms with Gasteiger partial charge in [0.1, 0.15) is 5.75 Å². The molecule has 0 saturated carbocycles. The van der Waals surface area contributed by atoms with Gasteiger partial charge in [-0.15, -0.1) is 35.4 Å². The van der Waals surface area contributed by atoms with Crippen molar-refractivity contribution in [2.24, 2.45) is 0 Å². The van der Waals surface area contributed by atoms with Crippen LogP contribution in [0.1, 0.15) is 22.4 Å². The maximum absolute atomic E-state index is 10.8. The number of pyridine rings is 1. The molecule has 2 heterocycles. The van der Waals surface area contributed by atoms with Gasteiger partial charge in [-0.05, 0) is 58.7 Å². The van der Waals surface area contributed by atoms with E-state index in [1.165, 1.54) is 0 Å². The Labute approximate surface area is 275 Å². The van der Waals surface area contributed by atoms with Crippen LogP contribution in [0.15, 0.2) is 134 Å². The standard InChI is InChI=1S/C39H23N4O.Pt/c1-40-27-22-35(30-15-4-9-20-37(30)44)43-38(23-27)39(31-16-5-2-13-28(31)29-14-3-6-17-32(29)39)26-12-10-11-25(21-26)36-24-41-33-18-7-8-19-34(33)42-36;/h2-20,22-24,44H;/q-1;. The number of rotatable bonds is 4. The molecule has 2 aromatic heterocycles. The summed E-state index contributed by atoms with van der Waals surface area (Å²) in [7, 11) is 0. The molecule has 0 fully saturated rings. The molecule has 45 heavy (non-hydrogen) atoms. The molecular formula is C39H23N4OPt-. The van der Waals surface area contributed by atoms with E-state index in [-0.39, 0.29) is 26.8 Å². The summed E-state index contributed by atoms with van der Waals surface area (Å²) >= 11 is 0. The minimum absolute atomic E-state index is 0. The Hall–Kier alpha value is -5.43. The largest absolute Gasteiger partial charge is 0.507 e. The van der Waals surface area contributed by atoms with Crippen LogP contribution < -0.4 is 0 Å². The summed E-state index contributed by atoms with van der Waals surface area (Å²) in [5.74, 6) is 0.109. The molecule has 216 valence electrons. The first-order valence-electron chi connectivity index (χ1n) is 14.3. The third-order valence-corrected chi connectivity index (χ3v) is 8.38. The number of hydrogen-bond donors (Lipinski definition) is 1. The van der Waals surface area contributed by atoms with Gasteiger partial charge in [0.15, 0.2) is 5.69 Å². The Balaban J connectivity index is 0.00000325. The van der Waals surface area contributed by atoms with Crippen LogP contribution in [0.3, 0.4) is 0 Å². The summed E-state index contributed by atoms with van der Waals surface area (Å²) in [5, 5.41) is 10.8. The summed E-state index contributed by atoms with van der Waals surface area (Å²) in [6, 6.07) is 45.1. The topological polar surface area (TPSA) is 63.3 Å². The number of aromatic hydroxyl groups is 1. The van der Waals surface area contributed by atoms with E-state index >= 15 is 0 Å². The molecule has 0 bridgehead atoms. The van der Waals surface area contributed by atoms with Crippen LogP contribution >= 0.6 is 0 Å². The molecule has 0 aliphatic heterocycles. The van der Waals surface area contributed by atoms with Gasteiger partial charge in [-0.1, -0.05) is 72.8 Å². The summed E-state index contributed by atoms with van der Waals surface area (Å²) < 4.78 is 0. The van der Waals surface area contributed by atoms with Gasteiger partial charge in [-0.2, -0.15) is 0 Å². The molecule has 8 rings (SSSR count). The van der Waals surface area contributed by atoms with Crippen molar-refractivity contribution in [3.05, 3.63) is 173 Å². The molecule has 6 heteroatoms. The zero-order valence-corrected chi connectivity index (χ0v) is 26.0. The molecule has 0 spiro atoms. The zero-order chi connectivity index (χ0) is 29.7. The molecule has 0 atom stereocenters. The fraction of sp³-hybridized carbons (Fsp3) is 0.0256. The number of para-hydroxylation sites is 3. The normalized spacial score (nSPS) is 12.5. The molecule has 7 aromatic rings. The van der Waals surface area contributed by atoms with Gasteiger partial charge in [0, 0.05) is 44.2 Å². The van der Waals surface area contributed by atoms with E-state index in [4.69, 9.17) is 16.5 Å². The first-order valence-corrected chi connectivity index (χ1v) is 14.3. The maximum atomic E-state index is 10.8. The van der Waals surface area contributed by atoms with Gasteiger partial charge in [0.05, 0.1) is 28.7 Å². The average Bonchev–Trinajstić information content (AvgIpc) is 3.39. The fourth-order valence-electron chi connectivity index (χ4n) is 6.46. The Morgan fingerprint density at radius 3 is 2.00 bits per heavy atom. The second-order valence-corrected chi connectivity index (χ2v) is 10.8. The van der Waals surface area contributed by atoms with Gasteiger partial charge in [-0.3, -0.25) is 15.0 Å². The first kappa shape index (κ1) is 28.3. The quantitative estimate of drug-likeness (QED) is 0.183. The van der Waals surface area contributed by atoms with Crippen LogP contribution in [0.2, 0.25) is 0 Å². The third kappa shape index (κ3) is 4.46. The van der Waals surface area contributed by atoms with Gasteiger partial charge in [-0.25, -0.2) is 4.85 Å². The molecule has 1 aliphatic carbocycles. The Kier molecular flexibility index (Phi) is 7.08. The summed E-state index contributed by atoms with van der Waals surface area (Å²) in [6.45, 7) is 8.01. The van der Waals surface area contributed by atoms with Crippen molar-refractivity contribution >= 4 is 16.7 Å². The average molecular weight is 759 g/mol. The molecule has 5 aromatic carbocycles. The molecular weight excluding hydrogens is 736 g/mol. The Bertz CT molecular complexity index is 2250. The van der Waals surface area contributed by atoms with Crippen molar-refractivity contribution in [1.82, 2.24) is 15.0 Å². The van der Waals surface area contributed by atoms with Crippen molar-refractivity contribution in [3.63, 3.8) is 0 Å². The molecule has 0 unspecified atom stereocenters. The molecule has 1 aliphatic rings. The van der Waals surface area contributed by atoms with Crippen molar-refractivity contribution < 1.29 is 26.2 Å². The van der Waals surface area contributed by atoms with Gasteiger partial charge < -0.3 is 5.11 Å². The molecule has 0 saturated heterocycles. The summed E-state index contributed by atoms with van der Waals surface area (Å²) in [4.78, 5) is 18.6. The van der Waals surface area contributed by atoms with Crippen LogP contribution in [0.25, 0.3) is 49.5 Å². The van der Waals surface area contributed by atoms with Crippen molar-refractivity contribution in [2.75, 3.05) is 0 Å². The SMILES string of the molecule is [C-]#[N+]c1cc(-c2ccccc2O)nc(C2(c3[c-]c(-c4cnc5ccccc5n4)ccc3)c3ccccc3-c3ccccc32)c1.[Pt]. The monoisotopic (exact) mass is 758 g/mol. The van der Waals surface area contributed by atoms with Crippen LogP contribution in [-0.2, 0) is 26.5 Å². The van der Waals surface area contributed by atoms with E-state index in [9.17, 15) is 5.11 Å². The van der Waals surface area contributed by atoms with Crippen LogP contribution in [-0.4, -0.2) is 20.1 Å². The third-order valence-electron chi connectivity index (χ3n) is 8.38. The van der Waals surface area contributed by atoms with E-state index in [0.29, 0.717) is 22.6 Å². The van der Waals surface area contributed by atoms with Gasteiger partial charge in [0.2, 0.25) is 0 Å². The Morgan fingerprint density at radius 1 is 0.644 bits per heavy atom. The molecule has 1 N–H and O–H groups in total. The second-order valence-electron chi connectivity index (χ2n) is 10.8. The smallest absolute Gasteiger partial charge is 0.191 e. The fourth-order valence-corrected chi connectivity index (χ4v) is 6.46. The van der Waals surface area contributed by atoms with Crippen molar-refractivity contribution in [2.45, 2.75) is 5.41 Å². The molecule has 5 nitrogen and oxygen atoms in total. The number of benzene rings is 5. The predicted molar refractivity (Wildman–Crippen MR) is 172 cm³/mol. The number of fused-ring (bicyclic) bond motifs is 4. The van der Waals surface area contributed by atoms with E-state index in [1.807, 2.05) is 78.9 Å². The number of aromatic nitrogens is 3. The number of phenols is 1. The Morgan fingerprint density at radius 2 is 1.29 bits per heavy atom. The van der Waals surface area contributed by atoms with Crippen LogP contribution in [0.5, 0.6) is 5.75 Å². The minimum Gasteiger partial charge on any atom is -0.507 e. The number of phenolic OH excluding ortho intramolecular Hbond substituents is 1. The number of hydrogen-bond acceptors (Lipinski definition) is 4. The van der Waals surface area contributed by atoms with E-state index < -0.39 is 5.41 Å². The summed E-state index contributed by atoms with van der Waals surface area (Å²) in [6.07, 6.45) is 1.79. The second kappa shape index (κ2) is 11.2. The maximum Gasteiger partial charge on any atom is 0.191 e. The molecule has 0 radical (unpaired) electrons. The van der Waals surface area contributed by atoms with Crippen LogP contribution in [0, 0.1) is 12.6 Å². The number of nitrogens with zero attached hydrogens (tertiary/aromatic N) is 4.